The average molecular weight is 184 g/mol. The Morgan fingerprint density at radius 2 is 2.15 bits per heavy atom. The zero-order valence-electron chi connectivity index (χ0n) is 8.62. The first-order chi connectivity index (χ1) is 6.27. The van der Waals surface area contributed by atoms with Gasteiger partial charge >= 0.3 is 0 Å². The van der Waals surface area contributed by atoms with Crippen LogP contribution in [0.2, 0.25) is 0 Å². The second-order valence-electron chi connectivity index (χ2n) is 4.44. The molecular formula is C10H20N2O. The predicted molar refractivity (Wildman–Crippen MR) is 52.8 cm³/mol. The topological polar surface area (TPSA) is 24.5 Å². The zero-order chi connectivity index (χ0) is 9.26. The molecule has 76 valence electrons. The third kappa shape index (κ3) is 2.03. The standard InChI is InChI=1S/C10H20N2O/c1-8(2)12-5-9(6-12)10-7-13-4-3-11-10/h8-11H,3-7H2,1-2H3. The minimum absolute atomic E-state index is 0.615. The molecule has 2 saturated heterocycles. The van der Waals surface area contributed by atoms with Crippen molar-refractivity contribution >= 4 is 0 Å². The molecular weight excluding hydrogens is 164 g/mol. The summed E-state index contributed by atoms with van der Waals surface area (Å²) < 4.78 is 5.45. The molecule has 0 aromatic carbocycles. The molecule has 3 nitrogen and oxygen atoms in total. The third-order valence-corrected chi connectivity index (χ3v) is 3.19. The van der Waals surface area contributed by atoms with Crippen molar-refractivity contribution < 1.29 is 4.74 Å². The third-order valence-electron chi connectivity index (χ3n) is 3.19. The van der Waals surface area contributed by atoms with Crippen LogP contribution in [-0.2, 0) is 4.74 Å². The van der Waals surface area contributed by atoms with Crippen LogP contribution in [0.4, 0.5) is 0 Å². The van der Waals surface area contributed by atoms with Gasteiger partial charge in [-0.15, -0.1) is 0 Å². The van der Waals surface area contributed by atoms with Gasteiger partial charge in [0.05, 0.1) is 13.2 Å². The molecule has 1 N–H and O–H groups in total. The van der Waals surface area contributed by atoms with Gasteiger partial charge in [0.1, 0.15) is 0 Å². The predicted octanol–water partition coefficient (Wildman–Crippen LogP) is 0.315. The molecule has 0 bridgehead atoms. The summed E-state index contributed by atoms with van der Waals surface area (Å²) in [6, 6.07) is 1.32. The molecule has 2 fully saturated rings. The summed E-state index contributed by atoms with van der Waals surface area (Å²) in [4.78, 5) is 2.51. The van der Waals surface area contributed by atoms with Gasteiger partial charge in [-0.1, -0.05) is 0 Å². The molecule has 2 aliphatic rings. The Bertz CT molecular complexity index is 160. The highest BCUT2D eigenvalue weighted by atomic mass is 16.5. The maximum atomic E-state index is 5.45. The minimum atomic E-state index is 0.615. The van der Waals surface area contributed by atoms with Gasteiger partial charge in [0.25, 0.3) is 0 Å². The van der Waals surface area contributed by atoms with Gasteiger partial charge in [-0.3, -0.25) is 0 Å². The van der Waals surface area contributed by atoms with Gasteiger partial charge in [0, 0.05) is 37.6 Å². The number of rotatable bonds is 2. The Balaban J connectivity index is 1.72. The molecule has 2 heterocycles. The normalized spacial score (nSPS) is 32.1. The van der Waals surface area contributed by atoms with Crippen LogP contribution in [0.15, 0.2) is 0 Å². The molecule has 0 amide bonds. The first kappa shape index (κ1) is 9.44. The number of ether oxygens (including phenoxy) is 1. The molecule has 0 saturated carbocycles. The van der Waals surface area contributed by atoms with Crippen LogP contribution in [0.25, 0.3) is 0 Å². The van der Waals surface area contributed by atoms with Crippen LogP contribution >= 0.6 is 0 Å². The fourth-order valence-electron chi connectivity index (χ4n) is 2.11. The fraction of sp³-hybridized carbons (Fsp3) is 1.00. The molecule has 0 radical (unpaired) electrons. The van der Waals surface area contributed by atoms with Crippen molar-refractivity contribution in [1.82, 2.24) is 10.2 Å². The van der Waals surface area contributed by atoms with E-state index in [1.165, 1.54) is 13.1 Å². The number of nitrogens with one attached hydrogen (secondary N) is 1. The van der Waals surface area contributed by atoms with E-state index in [1.54, 1.807) is 0 Å². The second-order valence-corrected chi connectivity index (χ2v) is 4.44. The molecule has 13 heavy (non-hydrogen) atoms. The van der Waals surface area contributed by atoms with Gasteiger partial charge in [-0.25, -0.2) is 0 Å². The number of hydrogen-bond donors (Lipinski definition) is 1. The summed E-state index contributed by atoms with van der Waals surface area (Å²) >= 11 is 0. The lowest BCUT2D eigenvalue weighted by Crippen LogP contribution is -2.60. The summed E-state index contributed by atoms with van der Waals surface area (Å²) in [5.74, 6) is 0.822. The van der Waals surface area contributed by atoms with Crippen molar-refractivity contribution in [1.29, 1.82) is 0 Å². The monoisotopic (exact) mass is 184 g/mol. The summed E-state index contributed by atoms with van der Waals surface area (Å²) in [7, 11) is 0. The van der Waals surface area contributed by atoms with Crippen molar-refractivity contribution in [2.24, 2.45) is 5.92 Å². The largest absolute Gasteiger partial charge is 0.379 e. The van der Waals surface area contributed by atoms with E-state index >= 15 is 0 Å². The Labute approximate surface area is 80.4 Å². The van der Waals surface area contributed by atoms with Gasteiger partial charge in [0.2, 0.25) is 0 Å². The fourth-order valence-corrected chi connectivity index (χ4v) is 2.11. The Kier molecular flexibility index (Phi) is 2.86. The van der Waals surface area contributed by atoms with E-state index < -0.39 is 0 Å². The molecule has 2 rings (SSSR count). The van der Waals surface area contributed by atoms with Crippen molar-refractivity contribution in [3.8, 4) is 0 Å². The smallest absolute Gasteiger partial charge is 0.0623 e. The lowest BCUT2D eigenvalue weighted by molar-refractivity contribution is -0.00937. The molecule has 1 unspecified atom stereocenters. The van der Waals surface area contributed by atoms with Crippen LogP contribution in [0.5, 0.6) is 0 Å². The van der Waals surface area contributed by atoms with E-state index in [0.717, 1.165) is 25.7 Å². The van der Waals surface area contributed by atoms with Crippen LogP contribution in [0, 0.1) is 5.92 Å². The maximum absolute atomic E-state index is 5.45. The maximum Gasteiger partial charge on any atom is 0.0623 e. The quantitative estimate of drug-likeness (QED) is 0.668. The molecule has 0 aromatic rings. The molecule has 0 aliphatic carbocycles. The average Bonchev–Trinajstić information content (AvgIpc) is 2.02. The van der Waals surface area contributed by atoms with Crippen LogP contribution in [-0.4, -0.2) is 49.8 Å². The number of nitrogens with zero attached hydrogens (tertiary/aromatic N) is 1. The molecule has 3 heteroatoms. The van der Waals surface area contributed by atoms with E-state index in [9.17, 15) is 0 Å². The van der Waals surface area contributed by atoms with Crippen molar-refractivity contribution in [2.45, 2.75) is 25.9 Å². The van der Waals surface area contributed by atoms with Crippen LogP contribution < -0.4 is 5.32 Å². The zero-order valence-corrected chi connectivity index (χ0v) is 8.62. The summed E-state index contributed by atoms with van der Waals surface area (Å²) in [6.45, 7) is 9.86. The lowest BCUT2D eigenvalue weighted by atomic mass is 9.90. The highest BCUT2D eigenvalue weighted by molar-refractivity contribution is 4.91. The van der Waals surface area contributed by atoms with Crippen LogP contribution in [0.3, 0.4) is 0 Å². The van der Waals surface area contributed by atoms with E-state index in [2.05, 4.69) is 24.1 Å². The highest BCUT2D eigenvalue weighted by Crippen LogP contribution is 2.22. The van der Waals surface area contributed by atoms with E-state index in [-0.39, 0.29) is 0 Å². The Hall–Kier alpha value is -0.120. The highest BCUT2D eigenvalue weighted by Gasteiger charge is 2.35. The Morgan fingerprint density at radius 1 is 1.38 bits per heavy atom. The minimum Gasteiger partial charge on any atom is -0.379 e. The molecule has 2 aliphatic heterocycles. The summed E-state index contributed by atoms with van der Waals surface area (Å²) in [6.07, 6.45) is 0. The molecule has 1 atom stereocenters. The molecule has 0 aromatic heterocycles. The lowest BCUT2D eigenvalue weighted by Gasteiger charge is -2.46. The van der Waals surface area contributed by atoms with E-state index in [4.69, 9.17) is 4.74 Å². The Morgan fingerprint density at radius 3 is 2.69 bits per heavy atom. The van der Waals surface area contributed by atoms with E-state index in [1.807, 2.05) is 0 Å². The van der Waals surface area contributed by atoms with E-state index in [0.29, 0.717) is 12.1 Å². The number of likely N-dealkylation sites (tertiary alicyclic amines) is 1. The first-order valence-corrected chi connectivity index (χ1v) is 5.32. The van der Waals surface area contributed by atoms with Gasteiger partial charge in [-0.05, 0) is 13.8 Å². The van der Waals surface area contributed by atoms with Crippen molar-refractivity contribution in [3.63, 3.8) is 0 Å². The van der Waals surface area contributed by atoms with Gasteiger partial charge < -0.3 is 15.0 Å². The summed E-state index contributed by atoms with van der Waals surface area (Å²) in [5.41, 5.74) is 0. The summed E-state index contributed by atoms with van der Waals surface area (Å²) in [5, 5.41) is 3.53. The van der Waals surface area contributed by atoms with Gasteiger partial charge in [-0.2, -0.15) is 0 Å². The van der Waals surface area contributed by atoms with Gasteiger partial charge in [0.15, 0.2) is 0 Å². The number of morpholine rings is 1. The second kappa shape index (κ2) is 3.95. The first-order valence-electron chi connectivity index (χ1n) is 5.32. The van der Waals surface area contributed by atoms with Crippen molar-refractivity contribution in [2.75, 3.05) is 32.8 Å². The SMILES string of the molecule is CC(C)N1CC(C2COCCN2)C1. The molecule has 0 spiro atoms. The number of hydrogen-bond acceptors (Lipinski definition) is 3. The van der Waals surface area contributed by atoms with Crippen molar-refractivity contribution in [3.05, 3.63) is 0 Å². The van der Waals surface area contributed by atoms with Crippen LogP contribution in [0.1, 0.15) is 13.8 Å².